The molecule has 1 aliphatic rings. The molecule has 458 valence electrons. The normalized spacial score (nSPS) is 18.6. The highest BCUT2D eigenvalue weighted by Crippen LogP contribution is 2.26. The Labute approximate surface area is 490 Å². The second-order valence-corrected chi connectivity index (χ2v) is 20.9. The first-order valence-corrected chi connectivity index (χ1v) is 31.5. The van der Waals surface area contributed by atoms with Crippen molar-refractivity contribution >= 4 is 23.9 Å². The maximum atomic E-state index is 13.2. The molecule has 0 aromatic rings. The summed E-state index contributed by atoms with van der Waals surface area (Å²) in [5.74, 6) is -3.24. The number of ether oxygens (including phenoxy) is 5. The molecule has 6 atom stereocenters. The predicted molar refractivity (Wildman–Crippen MR) is 330 cm³/mol. The van der Waals surface area contributed by atoms with Crippen LogP contribution >= 0.6 is 0 Å². The second kappa shape index (κ2) is 55.6. The Hall–Kier alpha value is -4.88. The van der Waals surface area contributed by atoms with Gasteiger partial charge < -0.3 is 39.0 Å². The Morgan fingerprint density at radius 2 is 0.790 bits per heavy atom. The minimum atomic E-state index is -1.93. The lowest BCUT2D eigenvalue weighted by molar-refractivity contribution is -0.301. The van der Waals surface area contributed by atoms with Crippen molar-refractivity contribution in [3.8, 4) is 0 Å². The molecule has 12 heteroatoms. The molecule has 1 rings (SSSR count). The summed E-state index contributed by atoms with van der Waals surface area (Å²) in [6, 6.07) is 0. The zero-order valence-electron chi connectivity index (χ0n) is 50.5. The Balaban J connectivity index is 2.74. The van der Waals surface area contributed by atoms with Crippen LogP contribution in [0.15, 0.2) is 122 Å². The first-order valence-electron chi connectivity index (χ1n) is 31.5. The van der Waals surface area contributed by atoms with Gasteiger partial charge in [0.1, 0.15) is 18.8 Å². The smallest absolute Gasteiger partial charge is 0.335 e. The second-order valence-electron chi connectivity index (χ2n) is 20.9. The average molecular weight is 1130 g/mol. The maximum absolute atomic E-state index is 13.2. The fourth-order valence-electron chi connectivity index (χ4n) is 8.74. The summed E-state index contributed by atoms with van der Waals surface area (Å²) in [6.45, 7) is 5.72. The molecular weight excluding hydrogens is 1020 g/mol. The number of aliphatic hydroxyl groups is 2. The van der Waals surface area contributed by atoms with Crippen LogP contribution in [0.4, 0.5) is 0 Å². The lowest BCUT2D eigenvalue weighted by Gasteiger charge is -2.40. The molecule has 0 bridgehead atoms. The summed E-state index contributed by atoms with van der Waals surface area (Å²) in [5.41, 5.74) is 0. The molecular formula is C69H110O12. The quantitative estimate of drug-likeness (QED) is 0.0228. The number of allylic oxidation sites excluding steroid dienone is 20. The van der Waals surface area contributed by atoms with Crippen molar-refractivity contribution in [2.75, 3.05) is 13.2 Å². The van der Waals surface area contributed by atoms with E-state index >= 15 is 0 Å². The molecule has 0 saturated carbocycles. The van der Waals surface area contributed by atoms with Crippen LogP contribution in [0.2, 0.25) is 0 Å². The van der Waals surface area contributed by atoms with Gasteiger partial charge in [0.15, 0.2) is 24.6 Å². The van der Waals surface area contributed by atoms with E-state index < -0.39 is 67.3 Å². The molecule has 81 heavy (non-hydrogen) atoms. The first-order chi connectivity index (χ1) is 39.6. The standard InChI is InChI=1S/C69H110O12/c1-4-7-10-13-16-19-22-25-28-31-34-37-40-43-46-49-52-55-61(70)77-58-60(79-62(71)56-53-50-47-44-41-38-35-32-29-26-23-20-17-14-11-8-5-2)59-78-69-67(65(74)64(73)66(81-69)68(75)76)80-63(72)57-54-51-48-45-42-39-36-33-30-27-24-21-18-15-12-9-6-3/h7,9-10,12,16,18-19,21,25-30,34,36-37,39,45,48,60,64-67,69,73-74H,4-6,8,11,13-15,17,20,22-24,31-33,35,38,40-44,46-47,49-59H2,1-3H3,(H,75,76)/b10-7-,12-9-,19-16-,21-18-,28-25-,29-26-,30-27-,37-34-,39-36-,48-45-. The molecule has 12 nitrogen and oxygen atoms in total. The van der Waals surface area contributed by atoms with Crippen LogP contribution in [-0.4, -0.2) is 89.2 Å². The molecule has 0 aromatic heterocycles. The number of carbonyl (C=O) groups is 4. The van der Waals surface area contributed by atoms with Gasteiger partial charge in [0.2, 0.25) is 0 Å². The Bertz CT molecular complexity index is 1870. The monoisotopic (exact) mass is 1130 g/mol. The van der Waals surface area contributed by atoms with Crippen molar-refractivity contribution in [2.45, 2.75) is 276 Å². The van der Waals surface area contributed by atoms with Gasteiger partial charge in [-0.15, -0.1) is 0 Å². The predicted octanol–water partition coefficient (Wildman–Crippen LogP) is 16.8. The van der Waals surface area contributed by atoms with Crippen molar-refractivity contribution in [1.29, 1.82) is 0 Å². The van der Waals surface area contributed by atoms with E-state index in [1.807, 2.05) is 12.2 Å². The van der Waals surface area contributed by atoms with Gasteiger partial charge in [-0.3, -0.25) is 14.4 Å². The van der Waals surface area contributed by atoms with Gasteiger partial charge in [-0.05, 0) is 122 Å². The number of hydrogen-bond acceptors (Lipinski definition) is 11. The van der Waals surface area contributed by atoms with Crippen LogP contribution in [0.3, 0.4) is 0 Å². The van der Waals surface area contributed by atoms with E-state index in [1.165, 1.54) is 57.8 Å². The van der Waals surface area contributed by atoms with E-state index in [2.05, 4.69) is 130 Å². The van der Waals surface area contributed by atoms with Crippen molar-refractivity contribution in [1.82, 2.24) is 0 Å². The molecule has 0 amide bonds. The molecule has 0 aromatic carbocycles. The Morgan fingerprint density at radius 3 is 1.23 bits per heavy atom. The molecule has 0 radical (unpaired) electrons. The number of aliphatic hydroxyl groups excluding tert-OH is 2. The summed E-state index contributed by atoms with van der Waals surface area (Å²) in [5, 5.41) is 31.5. The number of aliphatic carboxylic acids is 1. The van der Waals surface area contributed by atoms with Crippen molar-refractivity contribution < 1.29 is 58.2 Å². The molecule has 1 fully saturated rings. The molecule has 1 heterocycles. The zero-order chi connectivity index (χ0) is 58.9. The largest absolute Gasteiger partial charge is 0.479 e. The fourth-order valence-corrected chi connectivity index (χ4v) is 8.74. The average Bonchev–Trinajstić information content (AvgIpc) is 3.53. The molecule has 1 saturated heterocycles. The summed E-state index contributed by atoms with van der Waals surface area (Å²) in [7, 11) is 0. The van der Waals surface area contributed by atoms with Gasteiger partial charge in [-0.1, -0.05) is 219 Å². The third kappa shape index (κ3) is 45.3. The Kier molecular flexibility index (Phi) is 50.9. The summed E-state index contributed by atoms with van der Waals surface area (Å²) in [6.07, 6.45) is 64.5. The molecule has 1 aliphatic heterocycles. The number of esters is 3. The van der Waals surface area contributed by atoms with Crippen molar-refractivity contribution in [3.05, 3.63) is 122 Å². The van der Waals surface area contributed by atoms with Gasteiger partial charge in [0.25, 0.3) is 0 Å². The van der Waals surface area contributed by atoms with Crippen LogP contribution < -0.4 is 0 Å². The third-order valence-corrected chi connectivity index (χ3v) is 13.5. The van der Waals surface area contributed by atoms with Gasteiger partial charge in [-0.2, -0.15) is 0 Å². The topological polar surface area (TPSA) is 175 Å². The van der Waals surface area contributed by atoms with E-state index in [4.69, 9.17) is 23.7 Å². The van der Waals surface area contributed by atoms with Gasteiger partial charge >= 0.3 is 23.9 Å². The van der Waals surface area contributed by atoms with E-state index in [9.17, 15) is 34.5 Å². The first kappa shape index (κ1) is 74.1. The van der Waals surface area contributed by atoms with Gasteiger partial charge in [-0.25, -0.2) is 4.79 Å². The minimum Gasteiger partial charge on any atom is -0.479 e. The number of carboxylic acids is 1. The van der Waals surface area contributed by atoms with E-state index in [0.717, 1.165) is 116 Å². The van der Waals surface area contributed by atoms with Crippen molar-refractivity contribution in [3.63, 3.8) is 0 Å². The number of hydrogen-bond donors (Lipinski definition) is 3. The highest BCUT2D eigenvalue weighted by Gasteiger charge is 2.50. The van der Waals surface area contributed by atoms with Crippen LogP contribution in [0.1, 0.15) is 239 Å². The van der Waals surface area contributed by atoms with Crippen molar-refractivity contribution in [2.24, 2.45) is 0 Å². The lowest BCUT2D eigenvalue weighted by Crippen LogP contribution is -2.61. The van der Waals surface area contributed by atoms with Gasteiger partial charge in [0, 0.05) is 19.3 Å². The van der Waals surface area contributed by atoms with E-state index in [0.29, 0.717) is 25.7 Å². The van der Waals surface area contributed by atoms with Crippen LogP contribution in [0.5, 0.6) is 0 Å². The number of unbranched alkanes of at least 4 members (excludes halogenated alkanes) is 18. The van der Waals surface area contributed by atoms with Crippen LogP contribution in [0.25, 0.3) is 0 Å². The molecule has 0 aliphatic carbocycles. The summed E-state index contributed by atoms with van der Waals surface area (Å²) in [4.78, 5) is 51.3. The van der Waals surface area contributed by atoms with Gasteiger partial charge in [0.05, 0.1) is 6.61 Å². The minimum absolute atomic E-state index is 0.0266. The van der Waals surface area contributed by atoms with E-state index in [1.54, 1.807) is 0 Å². The SMILES string of the molecule is CC/C=C\C/C=C\C/C=C\C/C=C\C/C=C\CCCC(=O)OC1C(OCC(COC(=O)CCCCCC/C=C\C/C=C\C/C=C\C/C=C\CC)OC(=O)CCCCCCCCC/C=C\CCCCCCCC)OC(C(=O)O)C(O)C1O. The summed E-state index contributed by atoms with van der Waals surface area (Å²) >= 11 is 0. The summed E-state index contributed by atoms with van der Waals surface area (Å²) < 4.78 is 28.4. The van der Waals surface area contributed by atoms with Crippen LogP contribution in [0, 0.1) is 0 Å². The lowest BCUT2D eigenvalue weighted by atomic mass is 9.98. The molecule has 0 spiro atoms. The highest BCUT2D eigenvalue weighted by molar-refractivity contribution is 5.74. The van der Waals surface area contributed by atoms with E-state index in [-0.39, 0.29) is 25.9 Å². The third-order valence-electron chi connectivity index (χ3n) is 13.5. The Morgan fingerprint density at radius 1 is 0.420 bits per heavy atom. The number of carbonyl (C=O) groups excluding carboxylic acids is 3. The molecule has 3 N–H and O–H groups in total. The fraction of sp³-hybridized carbons (Fsp3) is 0.652. The zero-order valence-corrected chi connectivity index (χ0v) is 50.5. The highest BCUT2D eigenvalue weighted by atomic mass is 16.7. The number of rotatable bonds is 52. The maximum Gasteiger partial charge on any atom is 0.335 e. The molecule has 6 unspecified atom stereocenters. The number of carboxylic acid groups (broad SMARTS) is 1. The van der Waals surface area contributed by atoms with Crippen LogP contribution in [-0.2, 0) is 42.9 Å².